The molecule has 1 amide bonds. The first-order valence-electron chi connectivity index (χ1n) is 9.68. The molecule has 0 fully saturated rings. The Bertz CT molecular complexity index is 1170. The van der Waals surface area contributed by atoms with E-state index in [1.165, 1.54) is 6.26 Å². The SMILES string of the molecule is Cc1ccccc1-n1nc(C(C)(C)C)cc1NC(=O)c1ccc(CS(C)(=O)=O)cc1. The molecule has 3 aromatic rings. The number of benzene rings is 2. The molecule has 7 heteroatoms. The molecule has 0 aliphatic carbocycles. The van der Waals surface area contributed by atoms with Gasteiger partial charge in [0.05, 0.1) is 17.1 Å². The number of aryl methyl sites for hydroxylation is 1. The minimum Gasteiger partial charge on any atom is -0.306 e. The fraction of sp³-hybridized carbons (Fsp3) is 0.304. The van der Waals surface area contributed by atoms with Gasteiger partial charge in [0.1, 0.15) is 5.82 Å². The van der Waals surface area contributed by atoms with Gasteiger partial charge < -0.3 is 5.32 Å². The smallest absolute Gasteiger partial charge is 0.256 e. The number of carbonyl (C=O) groups is 1. The minimum atomic E-state index is -3.12. The van der Waals surface area contributed by atoms with E-state index in [0.29, 0.717) is 16.9 Å². The highest BCUT2D eigenvalue weighted by Crippen LogP contribution is 2.27. The first-order chi connectivity index (χ1) is 13.9. The van der Waals surface area contributed by atoms with Gasteiger partial charge in [0.25, 0.3) is 5.91 Å². The Balaban J connectivity index is 1.93. The number of nitrogens with zero attached hydrogens (tertiary/aromatic N) is 2. The van der Waals surface area contributed by atoms with E-state index in [-0.39, 0.29) is 17.1 Å². The van der Waals surface area contributed by atoms with E-state index >= 15 is 0 Å². The van der Waals surface area contributed by atoms with Crippen LogP contribution in [-0.4, -0.2) is 30.4 Å². The molecule has 158 valence electrons. The molecular formula is C23H27N3O3S. The number of anilines is 1. The Hall–Kier alpha value is -2.93. The molecule has 1 heterocycles. The average molecular weight is 426 g/mol. The van der Waals surface area contributed by atoms with Crippen molar-refractivity contribution in [1.29, 1.82) is 0 Å². The van der Waals surface area contributed by atoms with Gasteiger partial charge in [-0.1, -0.05) is 51.1 Å². The van der Waals surface area contributed by atoms with Gasteiger partial charge >= 0.3 is 0 Å². The average Bonchev–Trinajstić information content (AvgIpc) is 3.05. The number of rotatable bonds is 5. The van der Waals surface area contributed by atoms with E-state index < -0.39 is 9.84 Å². The number of hydrogen-bond acceptors (Lipinski definition) is 4. The van der Waals surface area contributed by atoms with Crippen molar-refractivity contribution < 1.29 is 13.2 Å². The Labute approximate surface area is 177 Å². The molecule has 0 aliphatic heterocycles. The maximum absolute atomic E-state index is 12.9. The summed E-state index contributed by atoms with van der Waals surface area (Å²) < 4.78 is 24.7. The van der Waals surface area contributed by atoms with Crippen LogP contribution < -0.4 is 5.32 Å². The lowest BCUT2D eigenvalue weighted by atomic mass is 9.92. The number of amides is 1. The van der Waals surface area contributed by atoms with Gasteiger partial charge in [0, 0.05) is 23.3 Å². The predicted octanol–water partition coefficient (Wildman–Crippen LogP) is 4.28. The van der Waals surface area contributed by atoms with Crippen molar-refractivity contribution >= 4 is 21.6 Å². The van der Waals surface area contributed by atoms with Crippen molar-refractivity contribution in [3.63, 3.8) is 0 Å². The van der Waals surface area contributed by atoms with Crippen molar-refractivity contribution in [3.8, 4) is 5.69 Å². The quantitative estimate of drug-likeness (QED) is 0.662. The third-order valence-corrected chi connectivity index (χ3v) is 5.57. The number of nitrogens with one attached hydrogen (secondary N) is 1. The van der Waals surface area contributed by atoms with Crippen LogP contribution in [0.1, 0.15) is 48.0 Å². The summed E-state index contributed by atoms with van der Waals surface area (Å²) in [5.74, 6) is 0.250. The van der Waals surface area contributed by atoms with Crippen molar-refractivity contribution in [2.24, 2.45) is 0 Å². The third-order valence-electron chi connectivity index (χ3n) is 4.71. The van der Waals surface area contributed by atoms with E-state index in [9.17, 15) is 13.2 Å². The Morgan fingerprint density at radius 3 is 2.27 bits per heavy atom. The van der Waals surface area contributed by atoms with Gasteiger partial charge in [-0.2, -0.15) is 5.10 Å². The molecule has 1 N–H and O–H groups in total. The molecule has 0 atom stereocenters. The van der Waals surface area contributed by atoms with E-state index in [1.54, 1.807) is 28.9 Å². The van der Waals surface area contributed by atoms with Crippen molar-refractivity contribution in [2.45, 2.75) is 38.9 Å². The van der Waals surface area contributed by atoms with Crippen molar-refractivity contribution in [1.82, 2.24) is 9.78 Å². The fourth-order valence-corrected chi connectivity index (χ4v) is 3.86. The van der Waals surface area contributed by atoms with Gasteiger partial charge in [0.15, 0.2) is 9.84 Å². The van der Waals surface area contributed by atoms with E-state index in [0.717, 1.165) is 16.9 Å². The Morgan fingerprint density at radius 2 is 1.70 bits per heavy atom. The van der Waals surface area contributed by atoms with Crippen LogP contribution in [-0.2, 0) is 21.0 Å². The molecule has 0 saturated heterocycles. The number of sulfone groups is 1. The standard InChI is InChI=1S/C23H27N3O3S/c1-16-8-6-7-9-19(16)26-21(14-20(25-26)23(2,3)4)24-22(27)18-12-10-17(11-13-18)15-30(5,28)29/h6-14H,15H2,1-5H3,(H,24,27). The summed E-state index contributed by atoms with van der Waals surface area (Å²) in [6.45, 7) is 8.22. The lowest BCUT2D eigenvalue weighted by Crippen LogP contribution is -2.15. The van der Waals surface area contributed by atoms with E-state index in [1.807, 2.05) is 37.3 Å². The maximum atomic E-state index is 12.9. The molecule has 2 aromatic carbocycles. The highest BCUT2D eigenvalue weighted by molar-refractivity contribution is 7.89. The van der Waals surface area contributed by atoms with Crippen LogP contribution in [0, 0.1) is 6.92 Å². The molecule has 0 unspecified atom stereocenters. The molecule has 0 saturated carbocycles. The van der Waals surface area contributed by atoms with Gasteiger partial charge in [-0.15, -0.1) is 0 Å². The lowest BCUT2D eigenvalue weighted by Gasteiger charge is -2.14. The largest absolute Gasteiger partial charge is 0.306 e. The summed E-state index contributed by atoms with van der Waals surface area (Å²) in [6, 6.07) is 16.3. The Morgan fingerprint density at radius 1 is 1.07 bits per heavy atom. The van der Waals surface area contributed by atoms with Crippen LogP contribution in [0.4, 0.5) is 5.82 Å². The van der Waals surface area contributed by atoms with Gasteiger partial charge in [-0.3, -0.25) is 4.79 Å². The molecule has 3 rings (SSSR count). The van der Waals surface area contributed by atoms with Crippen molar-refractivity contribution in [3.05, 3.63) is 77.0 Å². The Kier molecular flexibility index (Phi) is 5.85. The first kappa shape index (κ1) is 21.8. The van der Waals surface area contributed by atoms with Crippen LogP contribution in [0.3, 0.4) is 0 Å². The normalized spacial score (nSPS) is 12.0. The molecule has 0 radical (unpaired) electrons. The number of carbonyl (C=O) groups excluding carboxylic acids is 1. The van der Waals surface area contributed by atoms with Crippen LogP contribution >= 0.6 is 0 Å². The van der Waals surface area contributed by atoms with Crippen molar-refractivity contribution in [2.75, 3.05) is 11.6 Å². The highest BCUT2D eigenvalue weighted by Gasteiger charge is 2.22. The monoisotopic (exact) mass is 425 g/mol. The summed E-state index contributed by atoms with van der Waals surface area (Å²) in [7, 11) is -3.12. The van der Waals surface area contributed by atoms with Gasteiger partial charge in [-0.05, 0) is 36.2 Å². The van der Waals surface area contributed by atoms with Crippen LogP contribution in [0.15, 0.2) is 54.6 Å². The zero-order valence-electron chi connectivity index (χ0n) is 17.9. The summed E-state index contributed by atoms with van der Waals surface area (Å²) in [5, 5.41) is 7.70. The number of hydrogen-bond donors (Lipinski definition) is 1. The summed E-state index contributed by atoms with van der Waals surface area (Å²) in [5.41, 5.74) is 3.72. The minimum absolute atomic E-state index is 0.0517. The molecule has 1 aromatic heterocycles. The molecule has 0 aliphatic rings. The molecule has 30 heavy (non-hydrogen) atoms. The number of aromatic nitrogens is 2. The van der Waals surface area contributed by atoms with Gasteiger partial charge in [-0.25, -0.2) is 13.1 Å². The fourth-order valence-electron chi connectivity index (χ4n) is 3.06. The van der Waals surface area contributed by atoms with E-state index in [2.05, 4.69) is 26.1 Å². The van der Waals surface area contributed by atoms with E-state index in [4.69, 9.17) is 5.10 Å². The highest BCUT2D eigenvalue weighted by atomic mass is 32.2. The first-order valence-corrected chi connectivity index (χ1v) is 11.7. The van der Waals surface area contributed by atoms with Crippen LogP contribution in [0.25, 0.3) is 5.69 Å². The molecule has 6 nitrogen and oxygen atoms in total. The molecule has 0 spiro atoms. The van der Waals surface area contributed by atoms with Gasteiger partial charge in [0.2, 0.25) is 0 Å². The zero-order chi connectivity index (χ0) is 22.1. The predicted molar refractivity (Wildman–Crippen MR) is 120 cm³/mol. The van der Waals surface area contributed by atoms with Crippen LogP contribution in [0.5, 0.6) is 0 Å². The second-order valence-corrected chi connectivity index (χ2v) is 10.7. The summed E-state index contributed by atoms with van der Waals surface area (Å²) in [4.78, 5) is 12.9. The second-order valence-electron chi connectivity index (χ2n) is 8.58. The number of para-hydroxylation sites is 1. The lowest BCUT2D eigenvalue weighted by molar-refractivity contribution is 0.102. The summed E-state index contributed by atoms with van der Waals surface area (Å²) in [6.07, 6.45) is 1.19. The topological polar surface area (TPSA) is 81.1 Å². The molecule has 0 bridgehead atoms. The molecular weight excluding hydrogens is 398 g/mol. The zero-order valence-corrected chi connectivity index (χ0v) is 18.7. The van der Waals surface area contributed by atoms with Crippen LogP contribution in [0.2, 0.25) is 0 Å². The third kappa shape index (κ3) is 5.16. The summed E-state index contributed by atoms with van der Waals surface area (Å²) >= 11 is 0. The second kappa shape index (κ2) is 8.07. The maximum Gasteiger partial charge on any atom is 0.256 e.